The largest absolute Gasteiger partial charge is 0.460 e. The minimum Gasteiger partial charge on any atom is -0.460 e. The highest BCUT2D eigenvalue weighted by Crippen LogP contribution is 2.34. The van der Waals surface area contributed by atoms with Crippen molar-refractivity contribution < 1.29 is 14.3 Å². The summed E-state index contributed by atoms with van der Waals surface area (Å²) in [6.07, 6.45) is 0. The van der Waals surface area contributed by atoms with Gasteiger partial charge in [0.15, 0.2) is 0 Å². The molecule has 30 heavy (non-hydrogen) atoms. The summed E-state index contributed by atoms with van der Waals surface area (Å²) < 4.78 is 6.19. The van der Waals surface area contributed by atoms with Crippen molar-refractivity contribution in [2.24, 2.45) is 0 Å². The van der Waals surface area contributed by atoms with E-state index in [-0.39, 0.29) is 19.1 Å². The van der Waals surface area contributed by atoms with E-state index in [0.717, 1.165) is 26.8 Å². The predicted molar refractivity (Wildman–Crippen MR) is 121 cm³/mol. The zero-order chi connectivity index (χ0) is 20.9. The highest BCUT2D eigenvalue weighted by molar-refractivity contribution is 7.21. The molecule has 0 aliphatic carbocycles. The third-order valence-corrected chi connectivity index (χ3v) is 6.27. The maximum absolute atomic E-state index is 12.4. The summed E-state index contributed by atoms with van der Waals surface area (Å²) in [5, 5.41) is 3.81. The molecule has 3 aromatic carbocycles. The van der Waals surface area contributed by atoms with Crippen LogP contribution >= 0.6 is 22.9 Å². The number of rotatable bonds is 6. The van der Waals surface area contributed by atoms with Crippen LogP contribution in [0.2, 0.25) is 5.02 Å². The molecule has 0 saturated carbocycles. The van der Waals surface area contributed by atoms with Crippen molar-refractivity contribution in [3.63, 3.8) is 0 Å². The van der Waals surface area contributed by atoms with Crippen LogP contribution in [0.5, 0.6) is 0 Å². The normalized spacial score (nSPS) is 10.7. The number of hydrogen-bond donors (Lipinski definition) is 1. The molecule has 0 unspecified atom stereocenters. The first-order valence-corrected chi connectivity index (χ1v) is 10.6. The molecule has 4 nitrogen and oxygen atoms in total. The van der Waals surface area contributed by atoms with Crippen molar-refractivity contribution in [3.8, 4) is 11.1 Å². The van der Waals surface area contributed by atoms with Gasteiger partial charge < -0.3 is 10.1 Å². The molecule has 0 bridgehead atoms. The molecule has 0 fully saturated rings. The van der Waals surface area contributed by atoms with Crippen molar-refractivity contribution >= 4 is 44.9 Å². The molecule has 1 heterocycles. The Balaban J connectivity index is 1.29. The number of thiophene rings is 1. The van der Waals surface area contributed by atoms with Gasteiger partial charge in [0.2, 0.25) is 0 Å². The van der Waals surface area contributed by atoms with Gasteiger partial charge in [-0.2, -0.15) is 0 Å². The molecule has 0 atom stereocenters. The highest BCUT2D eigenvalue weighted by Gasteiger charge is 2.17. The molecule has 0 radical (unpaired) electrons. The monoisotopic (exact) mass is 435 g/mol. The summed E-state index contributed by atoms with van der Waals surface area (Å²) in [6.45, 7) is -0.0705. The van der Waals surface area contributed by atoms with Gasteiger partial charge in [-0.25, -0.2) is 0 Å². The van der Waals surface area contributed by atoms with E-state index in [0.29, 0.717) is 9.90 Å². The molecule has 1 amide bonds. The van der Waals surface area contributed by atoms with E-state index in [1.165, 1.54) is 11.3 Å². The molecule has 0 spiro atoms. The fourth-order valence-corrected chi connectivity index (χ4v) is 4.47. The van der Waals surface area contributed by atoms with Crippen molar-refractivity contribution in [2.45, 2.75) is 6.61 Å². The summed E-state index contributed by atoms with van der Waals surface area (Å²) >= 11 is 7.60. The summed E-state index contributed by atoms with van der Waals surface area (Å²) in [5.74, 6) is -0.891. The number of nitrogens with one attached hydrogen (secondary N) is 1. The number of carbonyl (C=O) groups is 2. The fourth-order valence-electron chi connectivity index (χ4n) is 3.03. The van der Waals surface area contributed by atoms with Crippen LogP contribution in [-0.4, -0.2) is 18.4 Å². The van der Waals surface area contributed by atoms with Crippen molar-refractivity contribution in [1.29, 1.82) is 0 Å². The molecule has 1 aromatic heterocycles. The van der Waals surface area contributed by atoms with E-state index in [2.05, 4.69) is 5.32 Å². The number of esters is 1. The molecule has 6 heteroatoms. The number of hydrogen-bond acceptors (Lipinski definition) is 4. The lowest BCUT2D eigenvalue weighted by atomic mass is 10.0. The smallest absolute Gasteiger partial charge is 0.325 e. The lowest BCUT2D eigenvalue weighted by Gasteiger charge is -2.07. The van der Waals surface area contributed by atoms with Crippen molar-refractivity contribution in [2.75, 3.05) is 6.54 Å². The number of halogens is 1. The molecular weight excluding hydrogens is 418 g/mol. The first-order chi connectivity index (χ1) is 14.6. The minimum atomic E-state index is -0.507. The Labute approximate surface area is 183 Å². The Morgan fingerprint density at radius 1 is 0.867 bits per heavy atom. The maximum atomic E-state index is 12.4. The van der Waals surface area contributed by atoms with E-state index >= 15 is 0 Å². The molecule has 0 aliphatic rings. The number of fused-ring (bicyclic) bond motifs is 1. The van der Waals surface area contributed by atoms with Crippen LogP contribution in [0.3, 0.4) is 0 Å². The van der Waals surface area contributed by atoms with E-state index in [9.17, 15) is 9.59 Å². The summed E-state index contributed by atoms with van der Waals surface area (Å²) in [6, 6.07) is 25.4. The topological polar surface area (TPSA) is 55.4 Å². The van der Waals surface area contributed by atoms with Crippen LogP contribution < -0.4 is 5.32 Å². The fraction of sp³-hybridized carbons (Fsp3) is 0.0833. The maximum Gasteiger partial charge on any atom is 0.325 e. The standard InChI is InChI=1S/C24H18ClNO3S/c25-22-19-8-4-5-9-20(19)30-23(22)24(28)26-14-21(27)29-15-16-10-12-18(13-11-16)17-6-2-1-3-7-17/h1-13H,14-15H2,(H,26,28). The summed E-state index contributed by atoms with van der Waals surface area (Å²) in [7, 11) is 0. The average molecular weight is 436 g/mol. The van der Waals surface area contributed by atoms with Gasteiger partial charge in [-0.05, 0) is 22.8 Å². The summed E-state index contributed by atoms with van der Waals surface area (Å²) in [4.78, 5) is 24.8. The Hall–Kier alpha value is -3.15. The SMILES string of the molecule is O=C(CNC(=O)c1sc2ccccc2c1Cl)OCc1ccc(-c2ccccc2)cc1. The molecule has 0 saturated heterocycles. The number of amides is 1. The van der Waals surface area contributed by atoms with E-state index in [1.807, 2.05) is 78.9 Å². The third kappa shape index (κ3) is 4.53. The Bertz CT molecular complexity index is 1190. The number of carbonyl (C=O) groups excluding carboxylic acids is 2. The van der Waals surface area contributed by atoms with Gasteiger partial charge in [-0.1, -0.05) is 84.4 Å². The van der Waals surface area contributed by atoms with Crippen LogP contribution in [0.1, 0.15) is 15.2 Å². The minimum absolute atomic E-state index is 0.146. The lowest BCUT2D eigenvalue weighted by Crippen LogP contribution is -2.30. The third-order valence-electron chi connectivity index (χ3n) is 4.60. The van der Waals surface area contributed by atoms with Crippen LogP contribution in [0.15, 0.2) is 78.9 Å². The highest BCUT2D eigenvalue weighted by atomic mass is 35.5. The van der Waals surface area contributed by atoms with Crippen LogP contribution in [0.4, 0.5) is 0 Å². The van der Waals surface area contributed by atoms with Gasteiger partial charge in [0.05, 0.1) is 5.02 Å². The molecule has 150 valence electrons. The first kappa shape index (κ1) is 20.1. The molecule has 1 N–H and O–H groups in total. The van der Waals surface area contributed by atoms with Crippen LogP contribution in [0, 0.1) is 0 Å². The second kappa shape index (κ2) is 9.11. The predicted octanol–water partition coefficient (Wildman–Crippen LogP) is 5.69. The molecule has 4 aromatic rings. The Morgan fingerprint density at radius 3 is 2.27 bits per heavy atom. The zero-order valence-electron chi connectivity index (χ0n) is 15.9. The zero-order valence-corrected chi connectivity index (χ0v) is 17.5. The van der Waals surface area contributed by atoms with E-state index in [1.54, 1.807) is 0 Å². The Morgan fingerprint density at radius 2 is 1.53 bits per heavy atom. The molecule has 0 aliphatic heterocycles. The van der Waals surface area contributed by atoms with Crippen molar-refractivity contribution in [1.82, 2.24) is 5.32 Å². The second-order valence-corrected chi connectivity index (χ2v) is 8.08. The van der Waals surface area contributed by atoms with Crippen LogP contribution in [0.25, 0.3) is 21.2 Å². The van der Waals surface area contributed by atoms with Gasteiger partial charge in [-0.3, -0.25) is 9.59 Å². The van der Waals surface area contributed by atoms with Gasteiger partial charge in [0, 0.05) is 10.1 Å². The van der Waals surface area contributed by atoms with Gasteiger partial charge in [0.25, 0.3) is 5.91 Å². The Kier molecular flexibility index (Phi) is 6.12. The second-order valence-electron chi connectivity index (χ2n) is 6.65. The van der Waals surface area contributed by atoms with Gasteiger partial charge >= 0.3 is 5.97 Å². The number of ether oxygens (including phenoxy) is 1. The quantitative estimate of drug-likeness (QED) is 0.395. The van der Waals surface area contributed by atoms with Gasteiger partial charge in [0.1, 0.15) is 18.0 Å². The van der Waals surface area contributed by atoms with E-state index in [4.69, 9.17) is 16.3 Å². The first-order valence-electron chi connectivity index (χ1n) is 9.37. The van der Waals surface area contributed by atoms with Gasteiger partial charge in [-0.15, -0.1) is 11.3 Å². The van der Waals surface area contributed by atoms with E-state index < -0.39 is 5.97 Å². The van der Waals surface area contributed by atoms with Crippen molar-refractivity contribution in [3.05, 3.63) is 94.3 Å². The lowest BCUT2D eigenvalue weighted by molar-refractivity contribution is -0.143. The average Bonchev–Trinajstić information content (AvgIpc) is 3.14. The molecular formula is C24H18ClNO3S. The summed E-state index contributed by atoms with van der Waals surface area (Å²) in [5.41, 5.74) is 3.10. The molecule has 4 rings (SSSR count). The van der Waals surface area contributed by atoms with Crippen LogP contribution in [-0.2, 0) is 16.1 Å². The number of benzene rings is 3.